The molecule has 0 aliphatic carbocycles. The number of benzene rings is 1. The van der Waals surface area contributed by atoms with Crippen molar-refractivity contribution >= 4 is 11.9 Å². The molecule has 2 rings (SSSR count). The zero-order valence-electron chi connectivity index (χ0n) is 10.2. The second-order valence-corrected chi connectivity index (χ2v) is 3.67. The van der Waals surface area contributed by atoms with Crippen molar-refractivity contribution in [2.45, 2.75) is 6.04 Å². The van der Waals surface area contributed by atoms with Gasteiger partial charge in [-0.3, -0.25) is 9.89 Å². The number of aromatic amines is 1. The van der Waals surface area contributed by atoms with Crippen molar-refractivity contribution < 1.29 is 14.3 Å². The number of hydrogen-bond donors (Lipinski definition) is 2. The number of hydrogen-bond acceptors (Lipinski definition) is 5. The number of ether oxygens (including phenoxy) is 1. The first-order valence-corrected chi connectivity index (χ1v) is 5.51. The predicted molar refractivity (Wildman–Crippen MR) is 65.0 cm³/mol. The van der Waals surface area contributed by atoms with E-state index < -0.39 is 17.9 Å². The number of nitrogens with one attached hydrogen (secondary N) is 2. The van der Waals surface area contributed by atoms with Crippen LogP contribution in [0.25, 0.3) is 0 Å². The molecule has 0 saturated carbocycles. The summed E-state index contributed by atoms with van der Waals surface area (Å²) in [7, 11) is 1.26. The molecular weight excluding hydrogens is 248 g/mol. The summed E-state index contributed by atoms with van der Waals surface area (Å²) in [5, 5.41) is 8.54. The Bertz CT molecular complexity index is 554. The second kappa shape index (κ2) is 5.76. The van der Waals surface area contributed by atoms with Crippen LogP contribution in [-0.2, 0) is 9.53 Å². The lowest BCUT2D eigenvalue weighted by molar-refractivity contribution is -0.143. The molecule has 19 heavy (non-hydrogen) atoms. The maximum atomic E-state index is 11.9. The van der Waals surface area contributed by atoms with Gasteiger partial charge < -0.3 is 10.1 Å². The molecule has 7 nitrogen and oxygen atoms in total. The number of esters is 1. The Hall–Kier alpha value is -2.70. The van der Waals surface area contributed by atoms with Gasteiger partial charge in [-0.05, 0) is 5.56 Å². The first kappa shape index (κ1) is 12.7. The van der Waals surface area contributed by atoms with E-state index in [2.05, 4.69) is 25.2 Å². The average molecular weight is 260 g/mol. The van der Waals surface area contributed by atoms with Crippen LogP contribution >= 0.6 is 0 Å². The van der Waals surface area contributed by atoms with Crippen LogP contribution in [0.4, 0.5) is 0 Å². The Labute approximate surface area is 109 Å². The Kier molecular flexibility index (Phi) is 3.87. The van der Waals surface area contributed by atoms with Crippen molar-refractivity contribution in [2.24, 2.45) is 0 Å². The molecule has 1 atom stereocenters. The largest absolute Gasteiger partial charge is 0.467 e. The second-order valence-electron chi connectivity index (χ2n) is 3.67. The highest BCUT2D eigenvalue weighted by Gasteiger charge is 2.24. The zero-order valence-corrected chi connectivity index (χ0v) is 10.2. The van der Waals surface area contributed by atoms with E-state index in [1.165, 1.54) is 13.4 Å². The van der Waals surface area contributed by atoms with Gasteiger partial charge in [0.15, 0.2) is 6.04 Å². The molecule has 0 saturated heterocycles. The summed E-state index contributed by atoms with van der Waals surface area (Å²) in [4.78, 5) is 27.3. The van der Waals surface area contributed by atoms with E-state index in [0.29, 0.717) is 5.56 Å². The predicted octanol–water partition coefficient (Wildman–Crippen LogP) is 0.449. The van der Waals surface area contributed by atoms with Gasteiger partial charge in [0, 0.05) is 0 Å². The molecule has 98 valence electrons. The monoisotopic (exact) mass is 260 g/mol. The molecule has 2 N–H and O–H groups in total. The summed E-state index contributed by atoms with van der Waals surface area (Å²) in [5.74, 6) is -1.05. The molecule has 1 heterocycles. The molecule has 1 aromatic heterocycles. The van der Waals surface area contributed by atoms with E-state index in [0.717, 1.165) is 0 Å². The molecular formula is C12H12N4O3. The minimum absolute atomic E-state index is 0.0323. The van der Waals surface area contributed by atoms with Gasteiger partial charge in [0.2, 0.25) is 5.82 Å². The van der Waals surface area contributed by atoms with E-state index in [9.17, 15) is 9.59 Å². The molecule has 0 fully saturated rings. The summed E-state index contributed by atoms with van der Waals surface area (Å²) in [6.07, 6.45) is 1.21. The van der Waals surface area contributed by atoms with E-state index in [-0.39, 0.29) is 5.82 Å². The Balaban J connectivity index is 2.20. The van der Waals surface area contributed by atoms with Crippen LogP contribution in [0.1, 0.15) is 22.2 Å². The van der Waals surface area contributed by atoms with Gasteiger partial charge >= 0.3 is 5.97 Å². The molecule has 0 aliphatic rings. The number of nitrogens with zero attached hydrogens (tertiary/aromatic N) is 2. The van der Waals surface area contributed by atoms with Gasteiger partial charge in [-0.2, -0.15) is 5.10 Å². The lowest BCUT2D eigenvalue weighted by Gasteiger charge is -2.15. The third-order valence-corrected chi connectivity index (χ3v) is 2.48. The van der Waals surface area contributed by atoms with Gasteiger partial charge in [0.25, 0.3) is 5.91 Å². The van der Waals surface area contributed by atoms with Crippen LogP contribution in [0.15, 0.2) is 36.7 Å². The van der Waals surface area contributed by atoms with Gasteiger partial charge in [-0.25, -0.2) is 9.78 Å². The van der Waals surface area contributed by atoms with Crippen LogP contribution in [0, 0.1) is 0 Å². The van der Waals surface area contributed by atoms with E-state index >= 15 is 0 Å². The summed E-state index contributed by atoms with van der Waals surface area (Å²) in [6.45, 7) is 0. The molecule has 0 radical (unpaired) electrons. The van der Waals surface area contributed by atoms with Gasteiger partial charge in [0.05, 0.1) is 7.11 Å². The number of carbonyl (C=O) groups excluding carboxylic acids is 2. The van der Waals surface area contributed by atoms with E-state index in [4.69, 9.17) is 0 Å². The van der Waals surface area contributed by atoms with Gasteiger partial charge in [-0.15, -0.1) is 0 Å². The summed E-state index contributed by atoms with van der Waals surface area (Å²) < 4.78 is 4.69. The maximum absolute atomic E-state index is 11.9. The summed E-state index contributed by atoms with van der Waals surface area (Å²) >= 11 is 0. The lowest BCUT2D eigenvalue weighted by atomic mass is 10.1. The molecule has 2 aromatic rings. The third-order valence-electron chi connectivity index (χ3n) is 2.48. The highest BCUT2D eigenvalue weighted by atomic mass is 16.5. The SMILES string of the molecule is COC(=O)C(NC(=O)c1ncn[nH]1)c1ccccc1. The first-order chi connectivity index (χ1) is 9.22. The average Bonchev–Trinajstić information content (AvgIpc) is 2.99. The fraction of sp³-hybridized carbons (Fsp3) is 0.167. The van der Waals surface area contributed by atoms with Crippen LogP contribution in [0.3, 0.4) is 0 Å². The smallest absolute Gasteiger partial charge is 0.333 e. The molecule has 7 heteroatoms. The Morgan fingerprint density at radius 3 is 2.63 bits per heavy atom. The van der Waals surface area contributed by atoms with Crippen LogP contribution in [0.5, 0.6) is 0 Å². The number of H-pyrrole nitrogens is 1. The quantitative estimate of drug-likeness (QED) is 0.778. The fourth-order valence-electron chi connectivity index (χ4n) is 1.56. The number of carbonyl (C=O) groups is 2. The molecule has 0 spiro atoms. The Morgan fingerprint density at radius 2 is 2.05 bits per heavy atom. The topological polar surface area (TPSA) is 97.0 Å². The molecule has 1 amide bonds. The summed E-state index contributed by atoms with van der Waals surface area (Å²) in [5.41, 5.74) is 0.627. The molecule has 0 bridgehead atoms. The normalized spacial score (nSPS) is 11.6. The van der Waals surface area contributed by atoms with Crippen LogP contribution in [0.2, 0.25) is 0 Å². The van der Waals surface area contributed by atoms with Crippen molar-refractivity contribution in [3.05, 3.63) is 48.0 Å². The van der Waals surface area contributed by atoms with Crippen LogP contribution in [-0.4, -0.2) is 34.2 Å². The highest BCUT2D eigenvalue weighted by molar-refractivity contribution is 5.93. The van der Waals surface area contributed by atoms with E-state index in [1.807, 2.05) is 6.07 Å². The Morgan fingerprint density at radius 1 is 1.32 bits per heavy atom. The van der Waals surface area contributed by atoms with Gasteiger partial charge in [0.1, 0.15) is 6.33 Å². The molecule has 1 unspecified atom stereocenters. The lowest BCUT2D eigenvalue weighted by Crippen LogP contribution is -2.35. The van der Waals surface area contributed by atoms with Crippen molar-refractivity contribution in [1.82, 2.24) is 20.5 Å². The zero-order chi connectivity index (χ0) is 13.7. The van der Waals surface area contributed by atoms with Crippen LogP contribution < -0.4 is 5.32 Å². The number of amides is 1. The van der Waals surface area contributed by atoms with Gasteiger partial charge in [-0.1, -0.05) is 30.3 Å². The van der Waals surface area contributed by atoms with Crippen molar-refractivity contribution in [3.63, 3.8) is 0 Å². The standard InChI is InChI=1S/C12H12N4O3/c1-19-12(18)9(8-5-3-2-4-6-8)15-11(17)10-13-7-14-16-10/h2-7,9H,1H3,(H,15,17)(H,13,14,16). The third kappa shape index (κ3) is 2.95. The van der Waals surface area contributed by atoms with E-state index in [1.54, 1.807) is 24.3 Å². The first-order valence-electron chi connectivity index (χ1n) is 5.51. The minimum Gasteiger partial charge on any atom is -0.467 e. The molecule has 1 aromatic carbocycles. The van der Waals surface area contributed by atoms with Crippen molar-refractivity contribution in [2.75, 3.05) is 7.11 Å². The maximum Gasteiger partial charge on any atom is 0.333 e. The van der Waals surface area contributed by atoms with Crippen molar-refractivity contribution in [3.8, 4) is 0 Å². The minimum atomic E-state index is -0.885. The highest BCUT2D eigenvalue weighted by Crippen LogP contribution is 2.14. The van der Waals surface area contributed by atoms with Crippen molar-refractivity contribution in [1.29, 1.82) is 0 Å². The summed E-state index contributed by atoms with van der Waals surface area (Å²) in [6, 6.07) is 7.92. The number of aromatic nitrogens is 3. The number of methoxy groups -OCH3 is 1. The molecule has 0 aliphatic heterocycles. The fourth-order valence-corrected chi connectivity index (χ4v) is 1.56. The number of rotatable bonds is 4.